The summed E-state index contributed by atoms with van der Waals surface area (Å²) in [4.78, 5) is 12.2. The fourth-order valence-corrected chi connectivity index (χ4v) is 0.816. The smallest absolute Gasteiger partial charge is 0.305 e. The Hall–Kier alpha value is -1.43. The van der Waals surface area contributed by atoms with Gasteiger partial charge in [0.05, 0.1) is 10.6 Å². The van der Waals surface area contributed by atoms with Gasteiger partial charge in [-0.05, 0) is 0 Å². The number of nitrogens with one attached hydrogen (secondary N) is 1. The second-order valence-corrected chi connectivity index (χ2v) is 2.31. The van der Waals surface area contributed by atoms with Crippen LogP contribution in [0.5, 0.6) is 0 Å². The molecular formula is C5H5N3O2S. The van der Waals surface area contributed by atoms with E-state index in [1.165, 1.54) is 12.3 Å². The summed E-state index contributed by atoms with van der Waals surface area (Å²) < 4.78 is 0.0872. The second-order valence-electron chi connectivity index (χ2n) is 1.90. The molecule has 0 bridgehead atoms. The predicted molar refractivity (Wildman–Crippen MR) is 42.7 cm³/mol. The van der Waals surface area contributed by atoms with Gasteiger partial charge in [0.15, 0.2) is 4.64 Å². The van der Waals surface area contributed by atoms with Crippen LogP contribution in [0.1, 0.15) is 0 Å². The average Bonchev–Trinajstić information content (AvgIpc) is 1.94. The number of anilines is 1. The molecule has 0 amide bonds. The third kappa shape index (κ3) is 1.53. The molecule has 6 heteroatoms. The van der Waals surface area contributed by atoms with E-state index in [0.29, 0.717) is 5.69 Å². The van der Waals surface area contributed by atoms with E-state index in [9.17, 15) is 10.1 Å². The molecule has 0 aliphatic rings. The van der Waals surface area contributed by atoms with Crippen molar-refractivity contribution in [2.45, 2.75) is 0 Å². The molecule has 1 aromatic heterocycles. The van der Waals surface area contributed by atoms with Crippen molar-refractivity contribution in [3.8, 4) is 0 Å². The van der Waals surface area contributed by atoms with Crippen molar-refractivity contribution in [1.29, 1.82) is 0 Å². The zero-order valence-corrected chi connectivity index (χ0v) is 6.22. The second kappa shape index (κ2) is 2.67. The first-order valence-electron chi connectivity index (χ1n) is 2.74. The van der Waals surface area contributed by atoms with Crippen molar-refractivity contribution >= 4 is 23.6 Å². The van der Waals surface area contributed by atoms with E-state index in [1.54, 1.807) is 0 Å². The average molecular weight is 171 g/mol. The third-order valence-electron chi connectivity index (χ3n) is 1.10. The standard InChI is InChI=1S/C5H5N3O2S/c6-3-1-4(8(9)10)5(11)7-2-3/h1-2H,6H2,(H,7,11). The van der Waals surface area contributed by atoms with Gasteiger partial charge in [-0.1, -0.05) is 12.2 Å². The molecule has 0 aliphatic heterocycles. The Kier molecular flexibility index (Phi) is 1.86. The third-order valence-corrected chi connectivity index (χ3v) is 1.43. The minimum atomic E-state index is -0.574. The molecular weight excluding hydrogens is 166 g/mol. The number of aromatic nitrogens is 1. The number of nitrogens with two attached hydrogens (primary N) is 1. The number of nitro groups is 1. The number of aromatic amines is 1. The predicted octanol–water partition coefficient (Wildman–Crippen LogP) is 1.23. The Bertz CT molecular complexity index is 346. The van der Waals surface area contributed by atoms with Crippen LogP contribution < -0.4 is 5.73 Å². The molecule has 0 aliphatic carbocycles. The van der Waals surface area contributed by atoms with Crippen LogP contribution in [-0.2, 0) is 0 Å². The Morgan fingerprint density at radius 3 is 2.82 bits per heavy atom. The summed E-state index contributed by atoms with van der Waals surface area (Å²) in [6.45, 7) is 0. The Labute approximate surface area is 67.0 Å². The number of H-pyrrole nitrogens is 1. The monoisotopic (exact) mass is 171 g/mol. The summed E-state index contributed by atoms with van der Waals surface area (Å²) in [6, 6.07) is 1.22. The van der Waals surface area contributed by atoms with Gasteiger partial charge >= 0.3 is 5.69 Å². The lowest BCUT2D eigenvalue weighted by molar-refractivity contribution is -0.385. The van der Waals surface area contributed by atoms with Crippen LogP contribution in [0.2, 0.25) is 0 Å². The molecule has 0 unspecified atom stereocenters. The summed E-state index contributed by atoms with van der Waals surface area (Å²) in [7, 11) is 0. The maximum Gasteiger partial charge on any atom is 0.305 e. The first-order valence-corrected chi connectivity index (χ1v) is 3.14. The molecule has 0 spiro atoms. The highest BCUT2D eigenvalue weighted by Crippen LogP contribution is 2.14. The lowest BCUT2D eigenvalue weighted by Crippen LogP contribution is -1.93. The van der Waals surface area contributed by atoms with Crippen LogP contribution in [0.4, 0.5) is 11.4 Å². The Balaban J connectivity index is 3.35. The van der Waals surface area contributed by atoms with Crippen molar-refractivity contribution in [3.05, 3.63) is 27.0 Å². The lowest BCUT2D eigenvalue weighted by atomic mass is 10.4. The van der Waals surface area contributed by atoms with Gasteiger partial charge in [-0.25, -0.2) is 0 Å². The molecule has 0 atom stereocenters. The molecule has 0 fully saturated rings. The van der Waals surface area contributed by atoms with E-state index < -0.39 is 4.92 Å². The molecule has 11 heavy (non-hydrogen) atoms. The topological polar surface area (TPSA) is 85.0 Å². The molecule has 0 saturated carbocycles. The fourth-order valence-electron chi connectivity index (χ4n) is 0.624. The number of rotatable bonds is 1. The highest BCUT2D eigenvalue weighted by molar-refractivity contribution is 7.71. The van der Waals surface area contributed by atoms with Gasteiger partial charge in [0.2, 0.25) is 0 Å². The molecule has 0 radical (unpaired) electrons. The minimum absolute atomic E-state index is 0.0872. The van der Waals surface area contributed by atoms with E-state index in [4.69, 9.17) is 5.73 Å². The molecule has 1 aromatic rings. The highest BCUT2D eigenvalue weighted by atomic mass is 32.1. The number of nitrogen functional groups attached to an aromatic ring is 1. The van der Waals surface area contributed by atoms with E-state index in [0.717, 1.165) is 0 Å². The van der Waals surface area contributed by atoms with Crippen molar-refractivity contribution < 1.29 is 4.92 Å². The number of pyridine rings is 1. The maximum atomic E-state index is 10.2. The van der Waals surface area contributed by atoms with E-state index in [2.05, 4.69) is 17.2 Å². The van der Waals surface area contributed by atoms with Crippen LogP contribution >= 0.6 is 12.2 Å². The first-order chi connectivity index (χ1) is 5.11. The Morgan fingerprint density at radius 1 is 1.73 bits per heavy atom. The maximum absolute atomic E-state index is 10.2. The first kappa shape index (κ1) is 7.67. The molecule has 3 N–H and O–H groups in total. The zero-order valence-electron chi connectivity index (χ0n) is 5.40. The molecule has 5 nitrogen and oxygen atoms in total. The molecule has 1 heterocycles. The van der Waals surface area contributed by atoms with Gasteiger partial charge in [-0.3, -0.25) is 10.1 Å². The number of hydrogen-bond donors (Lipinski definition) is 2. The summed E-state index contributed by atoms with van der Waals surface area (Å²) in [5, 5.41) is 10.2. The SMILES string of the molecule is Nc1c[nH]c(=S)c([N+](=O)[O-])c1. The molecule has 58 valence electrons. The van der Waals surface area contributed by atoms with Crippen LogP contribution in [0.25, 0.3) is 0 Å². The largest absolute Gasteiger partial charge is 0.397 e. The summed E-state index contributed by atoms with van der Waals surface area (Å²) in [6.07, 6.45) is 1.41. The van der Waals surface area contributed by atoms with Crippen LogP contribution in [0.15, 0.2) is 12.3 Å². The van der Waals surface area contributed by atoms with Crippen molar-refractivity contribution in [2.75, 3.05) is 5.73 Å². The van der Waals surface area contributed by atoms with Gasteiger partial charge in [0, 0.05) is 12.3 Å². The van der Waals surface area contributed by atoms with Crippen molar-refractivity contribution in [2.24, 2.45) is 0 Å². The summed E-state index contributed by atoms with van der Waals surface area (Å²) in [5.41, 5.74) is 5.41. The zero-order chi connectivity index (χ0) is 8.43. The minimum Gasteiger partial charge on any atom is -0.397 e. The van der Waals surface area contributed by atoms with E-state index >= 15 is 0 Å². The van der Waals surface area contributed by atoms with Crippen molar-refractivity contribution in [3.63, 3.8) is 0 Å². The van der Waals surface area contributed by atoms with Gasteiger partial charge in [0.1, 0.15) is 0 Å². The highest BCUT2D eigenvalue weighted by Gasteiger charge is 2.07. The molecule has 0 saturated heterocycles. The van der Waals surface area contributed by atoms with Crippen LogP contribution in [0, 0.1) is 14.8 Å². The van der Waals surface area contributed by atoms with Crippen molar-refractivity contribution in [1.82, 2.24) is 4.98 Å². The van der Waals surface area contributed by atoms with Gasteiger partial charge in [-0.2, -0.15) is 0 Å². The van der Waals surface area contributed by atoms with E-state index in [1.807, 2.05) is 0 Å². The van der Waals surface area contributed by atoms with E-state index in [-0.39, 0.29) is 10.3 Å². The fraction of sp³-hybridized carbons (Fsp3) is 0. The molecule has 0 aromatic carbocycles. The van der Waals surface area contributed by atoms with Gasteiger partial charge in [-0.15, -0.1) is 0 Å². The quantitative estimate of drug-likeness (QED) is 0.378. The summed E-state index contributed by atoms with van der Waals surface area (Å²) >= 11 is 4.64. The molecule has 1 rings (SSSR count). The lowest BCUT2D eigenvalue weighted by Gasteiger charge is -1.92. The Morgan fingerprint density at radius 2 is 2.36 bits per heavy atom. The van der Waals surface area contributed by atoms with Gasteiger partial charge in [0.25, 0.3) is 0 Å². The number of nitrogens with zero attached hydrogens (tertiary/aromatic N) is 1. The van der Waals surface area contributed by atoms with Crippen LogP contribution in [-0.4, -0.2) is 9.91 Å². The van der Waals surface area contributed by atoms with Gasteiger partial charge < -0.3 is 10.7 Å². The normalized spacial score (nSPS) is 9.45. The summed E-state index contributed by atoms with van der Waals surface area (Å²) in [5.74, 6) is 0. The van der Waals surface area contributed by atoms with Crippen LogP contribution in [0.3, 0.4) is 0 Å². The number of hydrogen-bond acceptors (Lipinski definition) is 4.